The summed E-state index contributed by atoms with van der Waals surface area (Å²) in [5.41, 5.74) is 0. The Morgan fingerprint density at radius 3 is 1.00 bits per heavy atom. The van der Waals surface area contributed by atoms with Gasteiger partial charge < -0.3 is 28.8 Å². The molecule has 68 heavy (non-hydrogen) atoms. The van der Waals surface area contributed by atoms with Crippen LogP contribution in [0.15, 0.2) is 0 Å². The summed E-state index contributed by atoms with van der Waals surface area (Å²) in [5, 5.41) is 14.0. The summed E-state index contributed by atoms with van der Waals surface area (Å²) in [6, 6.07) is -0.795. The van der Waals surface area contributed by atoms with Crippen molar-refractivity contribution in [1.29, 1.82) is 0 Å². The van der Waals surface area contributed by atoms with Crippen LogP contribution in [-0.4, -0.2) is 68.5 Å². The van der Waals surface area contributed by atoms with Crippen LogP contribution in [0.3, 0.4) is 0 Å². The van der Waals surface area contributed by atoms with Gasteiger partial charge in [-0.2, -0.15) is 0 Å². The number of hydrogen-bond donors (Lipinski definition) is 2. The number of nitrogens with zero attached hydrogens (tertiary/aromatic N) is 1. The number of aliphatic hydroxyl groups is 1. The molecule has 0 bridgehead atoms. The summed E-state index contributed by atoms with van der Waals surface area (Å²) < 4.78 is 23.4. The smallest absolute Gasteiger partial charge is 0.268 e. The lowest BCUT2D eigenvalue weighted by Gasteiger charge is -2.30. The van der Waals surface area contributed by atoms with E-state index >= 15 is 0 Å². The van der Waals surface area contributed by atoms with E-state index in [-0.39, 0.29) is 19.1 Å². The molecule has 0 aliphatic carbocycles. The lowest BCUT2D eigenvalue weighted by molar-refractivity contribution is -0.870. The molecule has 0 fully saturated rings. The number of unbranched alkanes of at least 4 members (excludes halogenated alkanes) is 44. The first-order valence-corrected chi connectivity index (χ1v) is 31.8. The Morgan fingerprint density at radius 2 is 0.721 bits per heavy atom. The fourth-order valence-electron chi connectivity index (χ4n) is 9.57. The van der Waals surface area contributed by atoms with Gasteiger partial charge in [-0.3, -0.25) is 9.36 Å². The molecule has 0 aromatic carbocycles. The zero-order valence-electron chi connectivity index (χ0n) is 46.6. The molecule has 0 saturated carbocycles. The number of carbonyl (C=O) groups excluding carboxylic acids is 1. The average Bonchev–Trinajstić information content (AvgIpc) is 3.30. The maximum absolute atomic E-state index is 12.9. The second kappa shape index (κ2) is 51.4. The molecule has 3 atom stereocenters. The lowest BCUT2D eigenvalue weighted by Crippen LogP contribution is -2.46. The van der Waals surface area contributed by atoms with Crippen molar-refractivity contribution in [2.45, 2.75) is 334 Å². The summed E-state index contributed by atoms with van der Waals surface area (Å²) in [6.45, 7) is 4.77. The van der Waals surface area contributed by atoms with E-state index in [2.05, 4.69) is 19.2 Å². The van der Waals surface area contributed by atoms with Gasteiger partial charge in [0.1, 0.15) is 13.2 Å². The molecule has 1 amide bonds. The molecule has 0 spiro atoms. The normalized spacial score (nSPS) is 13.8. The number of phosphoric ester groups is 1. The minimum atomic E-state index is -4.57. The zero-order valence-corrected chi connectivity index (χ0v) is 47.5. The SMILES string of the molecule is CCCCCCCCCCCCCCCCCCCCCCCCCCCCCCCCCCC(O)C(COP(=O)([O-])OCC[N+](C)(C)C)NC(=O)CCCCCCCCCCCCCCCC. The Balaban J connectivity index is 3.96. The molecule has 0 aromatic heterocycles. The Hall–Kier alpha value is -0.500. The molecule has 0 heterocycles. The summed E-state index contributed by atoms with van der Waals surface area (Å²) in [7, 11) is 1.33. The van der Waals surface area contributed by atoms with Gasteiger partial charge in [-0.1, -0.05) is 303 Å². The van der Waals surface area contributed by atoms with Crippen LogP contribution < -0.4 is 10.2 Å². The number of hydrogen-bond acceptors (Lipinski definition) is 6. The summed E-state index contributed by atoms with van der Waals surface area (Å²) >= 11 is 0. The predicted molar refractivity (Wildman–Crippen MR) is 293 cm³/mol. The highest BCUT2D eigenvalue weighted by Gasteiger charge is 2.24. The molecule has 408 valence electrons. The van der Waals surface area contributed by atoms with Crippen LogP contribution in [0.1, 0.15) is 322 Å². The third-order valence-electron chi connectivity index (χ3n) is 14.3. The number of likely N-dealkylation sites (N-methyl/N-ethyl adjacent to an activating group) is 1. The van der Waals surface area contributed by atoms with Crippen molar-refractivity contribution >= 4 is 13.7 Å². The number of nitrogens with one attached hydrogen (secondary N) is 1. The Labute approximate surface area is 425 Å². The highest BCUT2D eigenvalue weighted by Crippen LogP contribution is 2.38. The molecule has 3 unspecified atom stereocenters. The van der Waals surface area contributed by atoms with Gasteiger partial charge in [-0.05, 0) is 12.8 Å². The highest BCUT2D eigenvalue weighted by atomic mass is 31.2. The van der Waals surface area contributed by atoms with Crippen LogP contribution in [0.4, 0.5) is 0 Å². The maximum atomic E-state index is 12.9. The van der Waals surface area contributed by atoms with E-state index in [1.807, 2.05) is 21.1 Å². The van der Waals surface area contributed by atoms with Gasteiger partial charge in [-0.25, -0.2) is 0 Å². The van der Waals surface area contributed by atoms with E-state index in [9.17, 15) is 19.4 Å². The van der Waals surface area contributed by atoms with E-state index in [0.29, 0.717) is 23.9 Å². The number of phosphoric acid groups is 1. The van der Waals surface area contributed by atoms with Gasteiger partial charge in [0.2, 0.25) is 5.91 Å². The van der Waals surface area contributed by atoms with Crippen molar-refractivity contribution < 1.29 is 32.9 Å². The molecule has 0 aromatic rings. The van der Waals surface area contributed by atoms with Crippen LogP contribution in [0, 0.1) is 0 Å². The van der Waals surface area contributed by atoms with Crippen molar-refractivity contribution in [3.05, 3.63) is 0 Å². The molecule has 0 saturated heterocycles. The Bertz CT molecular complexity index is 1070. The largest absolute Gasteiger partial charge is 0.756 e. The highest BCUT2D eigenvalue weighted by molar-refractivity contribution is 7.45. The molecular formula is C59H121N2O6P. The minimum Gasteiger partial charge on any atom is -0.756 e. The fourth-order valence-corrected chi connectivity index (χ4v) is 10.3. The summed E-state index contributed by atoms with van der Waals surface area (Å²) in [4.78, 5) is 25.5. The molecule has 0 radical (unpaired) electrons. The van der Waals surface area contributed by atoms with Gasteiger partial charge in [-0.15, -0.1) is 0 Å². The molecule has 8 nitrogen and oxygen atoms in total. The van der Waals surface area contributed by atoms with Crippen LogP contribution in [0.25, 0.3) is 0 Å². The van der Waals surface area contributed by atoms with Gasteiger partial charge in [0.25, 0.3) is 7.82 Å². The summed E-state index contributed by atoms with van der Waals surface area (Å²) in [5.74, 6) is -0.158. The van der Waals surface area contributed by atoms with Gasteiger partial charge in [0.05, 0.1) is 39.9 Å². The van der Waals surface area contributed by atoms with E-state index < -0.39 is 20.0 Å². The third-order valence-corrected chi connectivity index (χ3v) is 15.3. The van der Waals surface area contributed by atoms with Crippen molar-refractivity contribution in [1.82, 2.24) is 5.32 Å². The van der Waals surface area contributed by atoms with E-state index in [1.54, 1.807) is 0 Å². The second-order valence-electron chi connectivity index (χ2n) is 22.4. The molecular weight excluding hydrogens is 864 g/mol. The predicted octanol–water partition coefficient (Wildman–Crippen LogP) is 17.8. The first kappa shape index (κ1) is 67.5. The number of aliphatic hydroxyl groups excluding tert-OH is 1. The van der Waals surface area contributed by atoms with Crippen molar-refractivity contribution in [2.24, 2.45) is 0 Å². The van der Waals surface area contributed by atoms with Crippen LogP contribution in [0.5, 0.6) is 0 Å². The minimum absolute atomic E-state index is 0.0165. The van der Waals surface area contributed by atoms with Crippen LogP contribution in [-0.2, 0) is 18.4 Å². The lowest BCUT2D eigenvalue weighted by atomic mass is 10.0. The van der Waals surface area contributed by atoms with Gasteiger partial charge >= 0.3 is 0 Å². The Kier molecular flexibility index (Phi) is 51.0. The Morgan fingerprint density at radius 1 is 0.456 bits per heavy atom. The van der Waals surface area contributed by atoms with Crippen molar-refractivity contribution in [2.75, 3.05) is 40.9 Å². The van der Waals surface area contributed by atoms with Crippen LogP contribution >= 0.6 is 7.82 Å². The topological polar surface area (TPSA) is 108 Å². The zero-order chi connectivity index (χ0) is 49.9. The van der Waals surface area contributed by atoms with Crippen molar-refractivity contribution in [3.63, 3.8) is 0 Å². The van der Waals surface area contributed by atoms with E-state index in [4.69, 9.17) is 9.05 Å². The van der Waals surface area contributed by atoms with Gasteiger partial charge in [0, 0.05) is 6.42 Å². The first-order valence-electron chi connectivity index (χ1n) is 30.4. The number of carbonyl (C=O) groups is 1. The first-order chi connectivity index (χ1) is 33.0. The van der Waals surface area contributed by atoms with Crippen molar-refractivity contribution in [3.8, 4) is 0 Å². The second-order valence-corrected chi connectivity index (χ2v) is 23.8. The third kappa shape index (κ3) is 53.3. The van der Waals surface area contributed by atoms with E-state index in [0.717, 1.165) is 38.5 Å². The number of quaternary nitrogens is 1. The molecule has 0 aliphatic heterocycles. The maximum Gasteiger partial charge on any atom is 0.268 e. The number of rotatable bonds is 57. The molecule has 9 heteroatoms. The van der Waals surface area contributed by atoms with Gasteiger partial charge in [0.15, 0.2) is 0 Å². The van der Waals surface area contributed by atoms with E-state index in [1.165, 1.54) is 257 Å². The number of amides is 1. The molecule has 0 rings (SSSR count). The fraction of sp³-hybridized carbons (Fsp3) is 0.983. The summed E-state index contributed by atoms with van der Waals surface area (Å²) in [6.07, 6.45) is 61.6. The monoisotopic (exact) mass is 985 g/mol. The standard InChI is InChI=1S/C59H121N2O6P/c1-6-8-10-12-14-16-18-20-22-23-24-25-26-27-28-29-30-31-32-33-34-35-36-37-38-39-40-42-44-46-48-50-52-58(62)57(56-67-68(64,65)66-55-54-61(3,4)5)60-59(63)53-51-49-47-45-43-41-21-19-17-15-13-11-9-7-2/h57-58,62H,6-56H2,1-5H3,(H-,60,63,64,65). The molecule has 0 aliphatic rings. The molecule has 2 N–H and O–H groups in total. The average molecular weight is 986 g/mol. The van der Waals surface area contributed by atoms with Crippen LogP contribution in [0.2, 0.25) is 0 Å². The quantitative estimate of drug-likeness (QED) is 0.0357.